The summed E-state index contributed by atoms with van der Waals surface area (Å²) in [4.78, 5) is 39.8. The molecule has 0 bridgehead atoms. The van der Waals surface area contributed by atoms with Crippen LogP contribution in [0.15, 0.2) is 43.1 Å². The Morgan fingerprint density at radius 1 is 1.18 bits per heavy atom. The maximum atomic E-state index is 12.8. The number of carbonyl (C=O) groups is 2. The van der Waals surface area contributed by atoms with Crippen LogP contribution in [0.1, 0.15) is 27.3 Å². The van der Waals surface area contributed by atoms with Crippen molar-refractivity contribution in [3.63, 3.8) is 0 Å². The molecule has 1 aliphatic rings. The SMILES string of the molecule is C=Cn1c(C(=O)N(C)C)cc2cnc(Nc3ccc(C(=O)N4CC[C@H](N(C)C)C4)cc3)nc21. The van der Waals surface area contributed by atoms with Gasteiger partial charge in [0.1, 0.15) is 11.3 Å². The minimum Gasteiger partial charge on any atom is -0.343 e. The second-order valence-electron chi connectivity index (χ2n) is 8.61. The summed E-state index contributed by atoms with van der Waals surface area (Å²) in [6.45, 7) is 5.34. The lowest BCUT2D eigenvalue weighted by Crippen LogP contribution is -2.34. The van der Waals surface area contributed by atoms with E-state index in [1.54, 1.807) is 37.1 Å². The van der Waals surface area contributed by atoms with Crippen molar-refractivity contribution >= 4 is 40.7 Å². The lowest BCUT2D eigenvalue weighted by molar-refractivity contribution is 0.0781. The smallest absolute Gasteiger partial charge is 0.270 e. The molecule has 1 aliphatic heterocycles. The standard InChI is InChI=1S/C24H29N7O2/c1-6-31-20(23(33)29(4)5)13-17-14-25-24(27-21(17)31)26-18-9-7-16(8-10-18)22(32)30-12-11-19(15-30)28(2)3/h6-10,13-14,19H,1,11-12,15H2,2-5H3,(H,25,26,27)/t19-/m0/s1. The van der Waals surface area contributed by atoms with E-state index in [1.807, 2.05) is 43.3 Å². The minimum absolute atomic E-state index is 0.0467. The van der Waals surface area contributed by atoms with Crippen LogP contribution in [0.4, 0.5) is 11.6 Å². The van der Waals surface area contributed by atoms with Gasteiger partial charge in [-0.15, -0.1) is 0 Å². The van der Waals surface area contributed by atoms with Gasteiger partial charge in [-0.05, 0) is 50.8 Å². The largest absolute Gasteiger partial charge is 0.343 e. The van der Waals surface area contributed by atoms with E-state index >= 15 is 0 Å². The van der Waals surface area contributed by atoms with E-state index in [0.29, 0.717) is 28.9 Å². The molecule has 3 heterocycles. The molecule has 0 spiro atoms. The van der Waals surface area contributed by atoms with Crippen LogP contribution in [0.2, 0.25) is 0 Å². The maximum absolute atomic E-state index is 12.8. The van der Waals surface area contributed by atoms with E-state index in [4.69, 9.17) is 0 Å². The number of likely N-dealkylation sites (tertiary alicyclic amines) is 1. The number of nitrogens with zero attached hydrogens (tertiary/aromatic N) is 6. The Labute approximate surface area is 193 Å². The van der Waals surface area contributed by atoms with Gasteiger partial charge in [-0.1, -0.05) is 6.58 Å². The van der Waals surface area contributed by atoms with Gasteiger partial charge in [0.05, 0.1) is 0 Å². The van der Waals surface area contributed by atoms with Gasteiger partial charge in [-0.3, -0.25) is 14.2 Å². The zero-order valence-corrected chi connectivity index (χ0v) is 19.4. The highest BCUT2D eigenvalue weighted by Crippen LogP contribution is 2.23. The molecule has 2 amide bonds. The molecule has 2 aromatic heterocycles. The second-order valence-corrected chi connectivity index (χ2v) is 8.61. The van der Waals surface area contributed by atoms with Crippen molar-refractivity contribution in [1.29, 1.82) is 0 Å². The first-order valence-electron chi connectivity index (χ1n) is 10.8. The average Bonchev–Trinajstić information content (AvgIpc) is 3.43. The van der Waals surface area contributed by atoms with Crippen LogP contribution < -0.4 is 5.32 Å². The fraction of sp³-hybridized carbons (Fsp3) is 0.333. The van der Waals surface area contributed by atoms with Crippen molar-refractivity contribution in [2.75, 3.05) is 46.6 Å². The molecule has 9 nitrogen and oxygen atoms in total. The molecule has 1 saturated heterocycles. The molecule has 3 aromatic rings. The summed E-state index contributed by atoms with van der Waals surface area (Å²) < 4.78 is 1.66. The minimum atomic E-state index is -0.141. The Morgan fingerprint density at radius 2 is 1.91 bits per heavy atom. The molecule has 172 valence electrons. The quantitative estimate of drug-likeness (QED) is 0.625. The molecule has 1 N–H and O–H groups in total. The van der Waals surface area contributed by atoms with Gasteiger partial charge in [0.25, 0.3) is 11.8 Å². The van der Waals surface area contributed by atoms with Gasteiger partial charge >= 0.3 is 0 Å². The maximum Gasteiger partial charge on any atom is 0.270 e. The van der Waals surface area contributed by atoms with Crippen LogP contribution >= 0.6 is 0 Å². The molecule has 0 aliphatic carbocycles. The number of anilines is 2. The summed E-state index contributed by atoms with van der Waals surface area (Å²) in [6.07, 6.45) is 4.23. The van der Waals surface area contributed by atoms with Crippen molar-refractivity contribution in [1.82, 2.24) is 29.2 Å². The normalized spacial score (nSPS) is 15.8. The highest BCUT2D eigenvalue weighted by Gasteiger charge is 2.28. The third kappa shape index (κ3) is 4.45. The Hall–Kier alpha value is -3.72. The highest BCUT2D eigenvalue weighted by atomic mass is 16.2. The predicted molar refractivity (Wildman–Crippen MR) is 130 cm³/mol. The molecule has 1 aromatic carbocycles. The van der Waals surface area contributed by atoms with Gasteiger partial charge in [0.15, 0.2) is 0 Å². The molecule has 33 heavy (non-hydrogen) atoms. The molecular weight excluding hydrogens is 418 g/mol. The number of likely N-dealkylation sites (N-methyl/N-ethyl adjacent to an activating group) is 1. The van der Waals surface area contributed by atoms with Crippen LogP contribution in [-0.4, -0.2) is 88.4 Å². The fourth-order valence-corrected chi connectivity index (χ4v) is 4.00. The molecule has 1 atom stereocenters. The predicted octanol–water partition coefficient (Wildman–Crippen LogP) is 2.75. The molecule has 1 fully saturated rings. The zero-order chi connectivity index (χ0) is 23.7. The van der Waals surface area contributed by atoms with E-state index in [2.05, 4.69) is 26.8 Å². The van der Waals surface area contributed by atoms with Crippen LogP contribution in [0.5, 0.6) is 0 Å². The molecule has 0 radical (unpaired) electrons. The molecule has 9 heteroatoms. The van der Waals surface area contributed by atoms with Crippen molar-refractivity contribution in [2.45, 2.75) is 12.5 Å². The first-order chi connectivity index (χ1) is 15.8. The van der Waals surface area contributed by atoms with Gasteiger partial charge in [-0.25, -0.2) is 4.98 Å². The number of nitrogens with one attached hydrogen (secondary N) is 1. The third-order valence-electron chi connectivity index (χ3n) is 5.95. The van der Waals surface area contributed by atoms with Crippen LogP contribution in [0.3, 0.4) is 0 Å². The molecule has 0 saturated carbocycles. The monoisotopic (exact) mass is 447 g/mol. The number of hydrogen-bond acceptors (Lipinski definition) is 6. The number of benzene rings is 1. The Balaban J connectivity index is 1.51. The van der Waals surface area contributed by atoms with Crippen LogP contribution in [0, 0.1) is 0 Å². The summed E-state index contributed by atoms with van der Waals surface area (Å²) in [6, 6.07) is 9.47. The second kappa shape index (κ2) is 9.03. The molecule has 4 rings (SSSR count). The number of aromatic nitrogens is 3. The van der Waals surface area contributed by atoms with Crippen molar-refractivity contribution < 1.29 is 9.59 Å². The number of rotatable bonds is 6. The average molecular weight is 448 g/mol. The lowest BCUT2D eigenvalue weighted by Gasteiger charge is -2.20. The van der Waals surface area contributed by atoms with Gasteiger partial charge in [0, 0.05) is 62.3 Å². The van der Waals surface area contributed by atoms with Gasteiger partial charge in [0.2, 0.25) is 5.95 Å². The van der Waals surface area contributed by atoms with E-state index in [1.165, 1.54) is 4.90 Å². The summed E-state index contributed by atoms with van der Waals surface area (Å²) in [5, 5.41) is 3.91. The number of carbonyl (C=O) groups excluding carboxylic acids is 2. The topological polar surface area (TPSA) is 86.6 Å². The number of amides is 2. The van der Waals surface area contributed by atoms with Crippen molar-refractivity contribution in [3.8, 4) is 0 Å². The van der Waals surface area contributed by atoms with Crippen molar-refractivity contribution in [2.24, 2.45) is 0 Å². The number of fused-ring (bicyclic) bond motifs is 1. The summed E-state index contributed by atoms with van der Waals surface area (Å²) in [5.41, 5.74) is 2.48. The van der Waals surface area contributed by atoms with E-state index < -0.39 is 0 Å². The molecule has 0 unspecified atom stereocenters. The third-order valence-corrected chi connectivity index (χ3v) is 5.95. The first-order valence-corrected chi connectivity index (χ1v) is 10.8. The molecular formula is C24H29N7O2. The summed E-state index contributed by atoms with van der Waals surface area (Å²) in [5.74, 6) is 0.294. The van der Waals surface area contributed by atoms with Crippen molar-refractivity contribution in [3.05, 3.63) is 54.4 Å². The highest BCUT2D eigenvalue weighted by molar-refractivity contribution is 5.99. The fourth-order valence-electron chi connectivity index (χ4n) is 4.00. The van der Waals surface area contributed by atoms with E-state index in [-0.39, 0.29) is 11.8 Å². The van der Waals surface area contributed by atoms with Crippen LogP contribution in [0.25, 0.3) is 17.2 Å². The Morgan fingerprint density at radius 3 is 2.52 bits per heavy atom. The van der Waals surface area contributed by atoms with Crippen LogP contribution in [-0.2, 0) is 0 Å². The van der Waals surface area contributed by atoms with Gasteiger partial charge < -0.3 is 20.0 Å². The summed E-state index contributed by atoms with van der Waals surface area (Å²) in [7, 11) is 7.49. The van der Waals surface area contributed by atoms with E-state index in [0.717, 1.165) is 30.6 Å². The Kier molecular flexibility index (Phi) is 6.15. The lowest BCUT2D eigenvalue weighted by atomic mass is 10.2. The number of hydrogen-bond donors (Lipinski definition) is 1. The Bertz CT molecular complexity index is 1200. The van der Waals surface area contributed by atoms with Gasteiger partial charge in [-0.2, -0.15) is 4.98 Å². The first kappa shape index (κ1) is 22.5. The van der Waals surface area contributed by atoms with E-state index in [9.17, 15) is 9.59 Å². The zero-order valence-electron chi connectivity index (χ0n) is 19.4. The summed E-state index contributed by atoms with van der Waals surface area (Å²) >= 11 is 0.